The lowest BCUT2D eigenvalue weighted by Crippen LogP contribution is -2.48. The van der Waals surface area contributed by atoms with Crippen molar-refractivity contribution in [1.29, 1.82) is 0 Å². The molecule has 2 aliphatic rings. The van der Waals surface area contributed by atoms with Crippen molar-refractivity contribution < 1.29 is 14.3 Å². The molecule has 0 bridgehead atoms. The van der Waals surface area contributed by atoms with Crippen LogP contribution in [-0.2, 0) is 22.7 Å². The molecular weight excluding hydrogens is 402 g/mol. The summed E-state index contributed by atoms with van der Waals surface area (Å²) in [6.45, 7) is 1.56. The van der Waals surface area contributed by atoms with E-state index in [1.165, 1.54) is 12.8 Å². The number of nitrogens with zero attached hydrogens (tertiary/aromatic N) is 2. The average Bonchev–Trinajstić information content (AvgIpc) is 3.24. The predicted molar refractivity (Wildman–Crippen MR) is 123 cm³/mol. The van der Waals surface area contributed by atoms with Crippen LogP contribution in [0.2, 0.25) is 0 Å². The summed E-state index contributed by atoms with van der Waals surface area (Å²) in [5.74, 6) is 1.31. The van der Waals surface area contributed by atoms with E-state index in [0.717, 1.165) is 49.1 Å². The van der Waals surface area contributed by atoms with Gasteiger partial charge in [0.1, 0.15) is 18.4 Å². The molecule has 1 aromatic heterocycles. The van der Waals surface area contributed by atoms with Crippen molar-refractivity contribution in [2.45, 2.75) is 70.6 Å². The molecule has 2 amide bonds. The number of ether oxygens (including phenoxy) is 1. The smallest absolute Gasteiger partial charge is 0.242 e. The Kier molecular flexibility index (Phi) is 7.75. The first kappa shape index (κ1) is 22.3. The Balaban J connectivity index is 1.43. The number of pyridine rings is 1. The van der Waals surface area contributed by atoms with Crippen molar-refractivity contribution in [2.24, 2.45) is 5.92 Å². The van der Waals surface area contributed by atoms with Gasteiger partial charge in [-0.2, -0.15) is 0 Å². The third kappa shape index (κ3) is 6.09. The fourth-order valence-corrected chi connectivity index (χ4v) is 4.70. The molecule has 1 saturated heterocycles. The van der Waals surface area contributed by atoms with Gasteiger partial charge >= 0.3 is 0 Å². The second kappa shape index (κ2) is 11.1. The summed E-state index contributed by atoms with van der Waals surface area (Å²) in [4.78, 5) is 32.1. The van der Waals surface area contributed by atoms with Crippen LogP contribution in [0.15, 0.2) is 48.7 Å². The first-order chi connectivity index (χ1) is 15.7. The molecule has 1 N–H and O–H groups in total. The van der Waals surface area contributed by atoms with Gasteiger partial charge in [-0.15, -0.1) is 0 Å². The Labute approximate surface area is 190 Å². The van der Waals surface area contributed by atoms with Crippen molar-refractivity contribution >= 4 is 11.8 Å². The van der Waals surface area contributed by atoms with Crippen LogP contribution < -0.4 is 10.1 Å². The van der Waals surface area contributed by atoms with Gasteiger partial charge in [0.05, 0.1) is 5.69 Å². The number of amides is 2. The number of hydrogen-bond donors (Lipinski definition) is 1. The van der Waals surface area contributed by atoms with Crippen LogP contribution in [0.4, 0.5) is 0 Å². The monoisotopic (exact) mass is 435 g/mol. The van der Waals surface area contributed by atoms with Crippen LogP contribution >= 0.6 is 0 Å². The van der Waals surface area contributed by atoms with Gasteiger partial charge in [0.15, 0.2) is 0 Å². The third-order valence-corrected chi connectivity index (χ3v) is 6.53. The molecule has 1 aliphatic heterocycles. The average molecular weight is 436 g/mol. The second-order valence-electron chi connectivity index (χ2n) is 8.93. The molecule has 6 heteroatoms. The molecule has 1 saturated carbocycles. The number of benzene rings is 1. The molecule has 4 rings (SSSR count). The topological polar surface area (TPSA) is 71.5 Å². The number of carbonyl (C=O) groups excluding carboxylic acids is 2. The highest BCUT2D eigenvalue weighted by molar-refractivity contribution is 5.88. The minimum Gasteiger partial charge on any atom is -0.487 e. The molecule has 0 radical (unpaired) electrons. The summed E-state index contributed by atoms with van der Waals surface area (Å²) in [7, 11) is 0. The number of nitrogens with one attached hydrogen (secondary N) is 1. The lowest BCUT2D eigenvalue weighted by Gasteiger charge is -2.31. The minimum absolute atomic E-state index is 0.0161. The molecule has 0 spiro atoms. The van der Waals surface area contributed by atoms with Crippen LogP contribution in [0.25, 0.3) is 0 Å². The van der Waals surface area contributed by atoms with Gasteiger partial charge in [0, 0.05) is 25.7 Å². The largest absolute Gasteiger partial charge is 0.487 e. The maximum Gasteiger partial charge on any atom is 0.242 e. The fraction of sp³-hybridized carbons (Fsp3) is 0.500. The molecule has 1 aliphatic carbocycles. The molecule has 170 valence electrons. The third-order valence-electron chi connectivity index (χ3n) is 6.53. The maximum absolute atomic E-state index is 13.3. The zero-order valence-corrected chi connectivity index (χ0v) is 18.7. The second-order valence-corrected chi connectivity index (χ2v) is 8.93. The van der Waals surface area contributed by atoms with Crippen LogP contribution in [-0.4, -0.2) is 34.3 Å². The summed E-state index contributed by atoms with van der Waals surface area (Å²) in [6, 6.07) is 13.2. The highest BCUT2D eigenvalue weighted by atomic mass is 16.5. The van der Waals surface area contributed by atoms with Crippen molar-refractivity contribution in [3.05, 3.63) is 59.9 Å². The van der Waals surface area contributed by atoms with E-state index in [0.29, 0.717) is 32.0 Å². The summed E-state index contributed by atoms with van der Waals surface area (Å²) in [5.41, 5.74) is 1.88. The molecule has 2 aromatic rings. The van der Waals surface area contributed by atoms with Gasteiger partial charge in [-0.25, -0.2) is 0 Å². The Morgan fingerprint density at radius 2 is 1.81 bits per heavy atom. The first-order valence-corrected chi connectivity index (χ1v) is 11.9. The number of aromatic nitrogens is 1. The predicted octanol–water partition coefficient (Wildman–Crippen LogP) is 4.24. The molecule has 1 atom stereocenters. The van der Waals surface area contributed by atoms with Gasteiger partial charge in [-0.1, -0.05) is 31.0 Å². The van der Waals surface area contributed by atoms with Crippen molar-refractivity contribution in [2.75, 3.05) is 6.54 Å². The van der Waals surface area contributed by atoms with E-state index in [-0.39, 0.29) is 17.9 Å². The van der Waals surface area contributed by atoms with Gasteiger partial charge in [-0.05, 0) is 67.9 Å². The van der Waals surface area contributed by atoms with Crippen LogP contribution in [0.3, 0.4) is 0 Å². The highest BCUT2D eigenvalue weighted by Crippen LogP contribution is 2.29. The summed E-state index contributed by atoms with van der Waals surface area (Å²) in [5, 5.41) is 2.99. The zero-order chi connectivity index (χ0) is 22.2. The van der Waals surface area contributed by atoms with E-state index < -0.39 is 0 Å². The van der Waals surface area contributed by atoms with Crippen LogP contribution in [0, 0.1) is 5.92 Å². The highest BCUT2D eigenvalue weighted by Gasteiger charge is 2.32. The van der Waals surface area contributed by atoms with Crippen molar-refractivity contribution in [1.82, 2.24) is 15.2 Å². The van der Waals surface area contributed by atoms with E-state index in [4.69, 9.17) is 4.74 Å². The Morgan fingerprint density at radius 1 is 1.03 bits per heavy atom. The molecule has 2 heterocycles. The van der Waals surface area contributed by atoms with Gasteiger partial charge in [0.2, 0.25) is 11.8 Å². The van der Waals surface area contributed by atoms with Crippen LogP contribution in [0.1, 0.15) is 62.6 Å². The van der Waals surface area contributed by atoms with E-state index in [2.05, 4.69) is 10.3 Å². The Hall–Kier alpha value is -2.89. The van der Waals surface area contributed by atoms with E-state index in [9.17, 15) is 9.59 Å². The quantitative estimate of drug-likeness (QED) is 0.673. The molecular formula is C26H33N3O3. The molecule has 2 fully saturated rings. The number of carbonyl (C=O) groups is 2. The molecule has 32 heavy (non-hydrogen) atoms. The van der Waals surface area contributed by atoms with E-state index in [1.807, 2.05) is 47.4 Å². The molecule has 0 unspecified atom stereocenters. The van der Waals surface area contributed by atoms with Gasteiger partial charge in [-0.3, -0.25) is 14.6 Å². The van der Waals surface area contributed by atoms with Gasteiger partial charge in [0.25, 0.3) is 0 Å². The lowest BCUT2D eigenvalue weighted by atomic mass is 10.0. The van der Waals surface area contributed by atoms with Gasteiger partial charge < -0.3 is 15.0 Å². The molecule has 1 aromatic carbocycles. The first-order valence-electron chi connectivity index (χ1n) is 11.9. The Bertz CT molecular complexity index is 879. The zero-order valence-electron chi connectivity index (χ0n) is 18.7. The number of rotatable bonds is 8. The maximum atomic E-state index is 13.3. The SMILES string of the molecule is O=C1NCCCC[C@@H]1N(Cc1ccc(OCc2ccccn2)cc1)C(=O)CC1CCCC1. The fourth-order valence-electron chi connectivity index (χ4n) is 4.70. The minimum atomic E-state index is -0.383. The molecule has 6 nitrogen and oxygen atoms in total. The van der Waals surface area contributed by atoms with Crippen molar-refractivity contribution in [3.63, 3.8) is 0 Å². The normalized spacial score (nSPS) is 19.2. The van der Waals surface area contributed by atoms with Crippen molar-refractivity contribution in [3.8, 4) is 5.75 Å². The summed E-state index contributed by atoms with van der Waals surface area (Å²) < 4.78 is 5.83. The summed E-state index contributed by atoms with van der Waals surface area (Å²) >= 11 is 0. The van der Waals surface area contributed by atoms with Crippen LogP contribution in [0.5, 0.6) is 5.75 Å². The standard InChI is InChI=1S/C26H33N3O3/c30-25(17-20-7-1-2-8-20)29(24-10-4-6-16-28-26(24)31)18-21-11-13-23(14-12-21)32-19-22-9-3-5-15-27-22/h3,5,9,11-15,20,24H,1-2,4,6-8,10,16-19H2,(H,28,31)/t24-/m0/s1. The van der Waals surface area contributed by atoms with E-state index in [1.54, 1.807) is 6.20 Å². The van der Waals surface area contributed by atoms with E-state index >= 15 is 0 Å². The lowest BCUT2D eigenvalue weighted by molar-refractivity contribution is -0.142. The summed E-state index contributed by atoms with van der Waals surface area (Å²) in [6.07, 6.45) is 9.62. The number of hydrogen-bond acceptors (Lipinski definition) is 4. The Morgan fingerprint density at radius 3 is 2.56 bits per heavy atom.